The number of hydrogen-bond donors (Lipinski definition) is 1. The van der Waals surface area contributed by atoms with Gasteiger partial charge >= 0.3 is 0 Å². The Balaban J connectivity index is 1.72. The number of amides is 2. The lowest BCUT2D eigenvalue weighted by molar-refractivity contribution is -0.156. The first-order chi connectivity index (χ1) is 14.4. The summed E-state index contributed by atoms with van der Waals surface area (Å²) in [6, 6.07) is 11.4. The molecule has 3 rings (SSSR count). The molecule has 8 heteroatoms. The van der Waals surface area contributed by atoms with E-state index in [-0.39, 0.29) is 12.3 Å². The number of carbonyl (C=O) groups excluding carboxylic acids is 2. The summed E-state index contributed by atoms with van der Waals surface area (Å²) in [4.78, 5) is 26.4. The summed E-state index contributed by atoms with van der Waals surface area (Å²) in [5.74, 6) is -1.67. The number of nitrogens with zero attached hydrogens (tertiary/aromatic N) is 1. The van der Waals surface area contributed by atoms with Gasteiger partial charge in [0, 0.05) is 6.54 Å². The normalized spacial score (nSPS) is 18.6. The molecule has 1 N–H and O–H groups in total. The molecule has 0 radical (unpaired) electrons. The van der Waals surface area contributed by atoms with Crippen LogP contribution in [0.15, 0.2) is 47.4 Å². The molecule has 1 heterocycles. The van der Waals surface area contributed by atoms with Gasteiger partial charge in [-0.05, 0) is 55.0 Å². The number of carbonyl (C=O) groups is 2. The Kier molecular flexibility index (Phi) is 6.23. The number of nitrogens with one attached hydrogen (secondary N) is 1. The molecule has 2 aromatic carbocycles. The second kappa shape index (κ2) is 8.42. The SMILES string of the molecule is Cc1ccc(F)c(S(=O)(=O)NC(=O)C2(C)CCN2C(=O)Cc2ccc(C(C)C)cc2)c1. The van der Waals surface area contributed by atoms with Gasteiger partial charge in [0.2, 0.25) is 5.91 Å². The molecular formula is C23H27FN2O4S. The summed E-state index contributed by atoms with van der Waals surface area (Å²) < 4.78 is 41.2. The highest BCUT2D eigenvalue weighted by molar-refractivity contribution is 7.90. The van der Waals surface area contributed by atoms with Crippen molar-refractivity contribution in [2.75, 3.05) is 6.54 Å². The lowest BCUT2D eigenvalue weighted by Crippen LogP contribution is -2.68. The summed E-state index contributed by atoms with van der Waals surface area (Å²) in [5, 5.41) is 0. The Labute approximate surface area is 182 Å². The van der Waals surface area contributed by atoms with E-state index in [2.05, 4.69) is 13.8 Å². The number of halogens is 1. The fraction of sp³-hybridized carbons (Fsp3) is 0.391. The molecule has 1 aliphatic heterocycles. The third kappa shape index (κ3) is 4.63. The van der Waals surface area contributed by atoms with Gasteiger partial charge in [0.05, 0.1) is 6.42 Å². The van der Waals surface area contributed by atoms with Gasteiger partial charge < -0.3 is 4.90 Å². The predicted molar refractivity (Wildman–Crippen MR) is 115 cm³/mol. The van der Waals surface area contributed by atoms with Crippen LogP contribution in [0.5, 0.6) is 0 Å². The zero-order chi connectivity index (χ0) is 23.0. The third-order valence-electron chi connectivity index (χ3n) is 5.81. The van der Waals surface area contributed by atoms with Crippen LogP contribution >= 0.6 is 0 Å². The van der Waals surface area contributed by atoms with Gasteiger partial charge in [0.15, 0.2) is 0 Å². The van der Waals surface area contributed by atoms with Crippen LogP contribution in [-0.2, 0) is 26.0 Å². The molecule has 2 aromatic rings. The largest absolute Gasteiger partial charge is 0.328 e. The van der Waals surface area contributed by atoms with Crippen LogP contribution in [0.1, 0.15) is 49.8 Å². The second-order valence-corrected chi connectivity index (χ2v) is 10.2. The summed E-state index contributed by atoms with van der Waals surface area (Å²) in [7, 11) is -4.41. The van der Waals surface area contributed by atoms with Crippen molar-refractivity contribution in [3.63, 3.8) is 0 Å². The van der Waals surface area contributed by atoms with E-state index in [0.29, 0.717) is 24.4 Å². The molecule has 31 heavy (non-hydrogen) atoms. The van der Waals surface area contributed by atoms with Crippen LogP contribution in [0.2, 0.25) is 0 Å². The topological polar surface area (TPSA) is 83.6 Å². The summed E-state index contributed by atoms with van der Waals surface area (Å²) in [6.07, 6.45) is 0.434. The minimum absolute atomic E-state index is 0.112. The van der Waals surface area contributed by atoms with Crippen molar-refractivity contribution in [3.8, 4) is 0 Å². The molecule has 0 saturated carbocycles. The number of aryl methyl sites for hydroxylation is 1. The number of hydrogen-bond acceptors (Lipinski definition) is 4. The van der Waals surface area contributed by atoms with E-state index in [1.54, 1.807) is 6.92 Å². The van der Waals surface area contributed by atoms with Crippen LogP contribution < -0.4 is 4.72 Å². The first-order valence-electron chi connectivity index (χ1n) is 10.2. The molecule has 1 fully saturated rings. The highest BCUT2D eigenvalue weighted by atomic mass is 32.2. The quantitative estimate of drug-likeness (QED) is 0.738. The van der Waals surface area contributed by atoms with Crippen molar-refractivity contribution in [3.05, 3.63) is 65.0 Å². The van der Waals surface area contributed by atoms with E-state index in [4.69, 9.17) is 0 Å². The molecular weight excluding hydrogens is 419 g/mol. The Hall–Kier alpha value is -2.74. The standard InChI is InChI=1S/C23H27FN2O4S/c1-15(2)18-8-6-17(7-9-18)14-21(27)26-12-11-23(26,4)22(28)25-31(29,30)20-13-16(3)5-10-19(20)24/h5-10,13,15H,11-12,14H2,1-4H3,(H,25,28). The lowest BCUT2D eigenvalue weighted by atomic mass is 9.85. The van der Waals surface area contributed by atoms with Crippen molar-refractivity contribution >= 4 is 21.8 Å². The number of benzene rings is 2. The number of sulfonamides is 1. The van der Waals surface area contributed by atoms with E-state index in [1.807, 2.05) is 29.0 Å². The van der Waals surface area contributed by atoms with Crippen LogP contribution in [0.3, 0.4) is 0 Å². The molecule has 1 atom stereocenters. The van der Waals surface area contributed by atoms with E-state index in [9.17, 15) is 22.4 Å². The highest BCUT2D eigenvalue weighted by Crippen LogP contribution is 2.32. The van der Waals surface area contributed by atoms with Crippen molar-refractivity contribution < 1.29 is 22.4 Å². The minimum atomic E-state index is -4.41. The van der Waals surface area contributed by atoms with Gasteiger partial charge in [-0.1, -0.05) is 44.2 Å². The van der Waals surface area contributed by atoms with E-state index < -0.39 is 32.2 Å². The number of rotatable bonds is 6. The van der Waals surface area contributed by atoms with Gasteiger partial charge in [0.25, 0.3) is 15.9 Å². The first kappa shape index (κ1) is 22.9. The van der Waals surface area contributed by atoms with E-state index >= 15 is 0 Å². The Morgan fingerprint density at radius 2 is 1.81 bits per heavy atom. The third-order valence-corrected chi connectivity index (χ3v) is 7.16. The van der Waals surface area contributed by atoms with Gasteiger partial charge in [-0.2, -0.15) is 0 Å². The van der Waals surface area contributed by atoms with E-state index in [0.717, 1.165) is 23.3 Å². The fourth-order valence-electron chi connectivity index (χ4n) is 3.59. The molecule has 0 aliphatic carbocycles. The van der Waals surface area contributed by atoms with Crippen molar-refractivity contribution in [2.45, 2.75) is 56.9 Å². The maximum atomic E-state index is 14.0. The molecule has 166 valence electrons. The maximum absolute atomic E-state index is 14.0. The maximum Gasteiger partial charge on any atom is 0.267 e. The van der Waals surface area contributed by atoms with Gasteiger partial charge in [0.1, 0.15) is 16.3 Å². The molecule has 1 unspecified atom stereocenters. The summed E-state index contributed by atoms with van der Waals surface area (Å²) in [6.45, 7) is 7.67. The fourth-order valence-corrected chi connectivity index (χ4v) is 4.83. The van der Waals surface area contributed by atoms with Crippen molar-refractivity contribution in [1.82, 2.24) is 9.62 Å². The highest BCUT2D eigenvalue weighted by Gasteiger charge is 2.50. The van der Waals surface area contributed by atoms with Crippen LogP contribution in [0, 0.1) is 12.7 Å². The molecule has 1 saturated heterocycles. The number of likely N-dealkylation sites (tertiary alicyclic amines) is 1. The second-order valence-electron chi connectivity index (χ2n) is 8.51. The smallest absolute Gasteiger partial charge is 0.267 e. The molecule has 1 aliphatic rings. The van der Waals surface area contributed by atoms with Crippen LogP contribution in [0.4, 0.5) is 4.39 Å². The average molecular weight is 447 g/mol. The lowest BCUT2D eigenvalue weighted by Gasteiger charge is -2.49. The minimum Gasteiger partial charge on any atom is -0.328 e. The van der Waals surface area contributed by atoms with Gasteiger partial charge in [-0.3, -0.25) is 9.59 Å². The van der Waals surface area contributed by atoms with Crippen molar-refractivity contribution in [1.29, 1.82) is 0 Å². The van der Waals surface area contributed by atoms with Crippen molar-refractivity contribution in [2.24, 2.45) is 0 Å². The molecule has 6 nitrogen and oxygen atoms in total. The predicted octanol–water partition coefficient (Wildman–Crippen LogP) is 3.30. The van der Waals surface area contributed by atoms with Gasteiger partial charge in [-0.15, -0.1) is 0 Å². The molecule has 2 amide bonds. The molecule has 0 bridgehead atoms. The summed E-state index contributed by atoms with van der Waals surface area (Å²) >= 11 is 0. The Morgan fingerprint density at radius 1 is 1.16 bits per heavy atom. The zero-order valence-electron chi connectivity index (χ0n) is 18.1. The zero-order valence-corrected chi connectivity index (χ0v) is 18.9. The van der Waals surface area contributed by atoms with Crippen LogP contribution in [-0.4, -0.2) is 37.2 Å². The summed E-state index contributed by atoms with van der Waals surface area (Å²) in [5.41, 5.74) is 1.23. The monoisotopic (exact) mass is 446 g/mol. The first-order valence-corrected chi connectivity index (χ1v) is 11.6. The van der Waals surface area contributed by atoms with Gasteiger partial charge in [-0.25, -0.2) is 17.5 Å². The Bertz CT molecular complexity index is 1110. The molecule has 0 spiro atoms. The molecule has 0 aromatic heterocycles. The van der Waals surface area contributed by atoms with Crippen LogP contribution in [0.25, 0.3) is 0 Å². The van der Waals surface area contributed by atoms with E-state index in [1.165, 1.54) is 17.9 Å². The average Bonchev–Trinajstić information content (AvgIpc) is 2.68. The Morgan fingerprint density at radius 3 is 2.35 bits per heavy atom.